The second-order valence-electron chi connectivity index (χ2n) is 3.91. The van der Waals surface area contributed by atoms with E-state index in [1.807, 2.05) is 6.07 Å². The van der Waals surface area contributed by atoms with Gasteiger partial charge in [0, 0.05) is 11.8 Å². The molecular weight excluding hydrogens is 246 g/mol. The summed E-state index contributed by atoms with van der Waals surface area (Å²) >= 11 is 0. The number of carbonyl (C=O) groups excluding carboxylic acids is 1. The molecule has 1 rings (SSSR count). The highest BCUT2D eigenvalue weighted by molar-refractivity contribution is 5.83. The predicted octanol–water partition coefficient (Wildman–Crippen LogP) is 1.87. The molecule has 0 aliphatic carbocycles. The number of rotatable bonds is 6. The maximum atomic E-state index is 11.3. The number of carboxylic acids is 1. The van der Waals surface area contributed by atoms with Crippen molar-refractivity contribution in [1.82, 2.24) is 5.32 Å². The van der Waals surface area contributed by atoms with Gasteiger partial charge in [0.1, 0.15) is 6.04 Å². The van der Waals surface area contributed by atoms with E-state index in [0.717, 1.165) is 0 Å². The van der Waals surface area contributed by atoms with Crippen LogP contribution in [0.3, 0.4) is 0 Å². The molecule has 0 unspecified atom stereocenters. The fourth-order valence-electron chi connectivity index (χ4n) is 1.56. The number of carboxylic acid groups (broad SMARTS) is 1. The zero-order valence-electron chi connectivity index (χ0n) is 10.9. The molecule has 0 radical (unpaired) electrons. The third-order valence-corrected chi connectivity index (χ3v) is 2.37. The van der Waals surface area contributed by atoms with Crippen LogP contribution in [0.1, 0.15) is 25.5 Å². The first-order chi connectivity index (χ1) is 9.04. The van der Waals surface area contributed by atoms with Crippen LogP contribution in [0, 0.1) is 0 Å². The van der Waals surface area contributed by atoms with E-state index < -0.39 is 18.0 Å². The maximum Gasteiger partial charge on any atom is 0.332 e. The predicted molar refractivity (Wildman–Crippen MR) is 70.3 cm³/mol. The van der Waals surface area contributed by atoms with Gasteiger partial charge in [0.2, 0.25) is 0 Å². The number of benzene rings is 1. The topological polar surface area (TPSA) is 75.6 Å². The summed E-state index contributed by atoms with van der Waals surface area (Å²) in [5, 5.41) is 12.0. The standard InChI is InChI=1S/C14H17NO4/c1-3-19-12(16)9-10(2)15-13(14(17)18)11-7-5-4-6-8-11/h4-9,13,15H,3H2,1-2H3,(H,17,18)/t13-/m1/s1. The van der Waals surface area contributed by atoms with Gasteiger partial charge in [-0.15, -0.1) is 0 Å². The van der Waals surface area contributed by atoms with Crippen molar-refractivity contribution in [1.29, 1.82) is 0 Å². The molecule has 5 nitrogen and oxygen atoms in total. The third-order valence-electron chi connectivity index (χ3n) is 2.37. The second kappa shape index (κ2) is 7.20. The lowest BCUT2D eigenvalue weighted by Crippen LogP contribution is -2.27. The van der Waals surface area contributed by atoms with Crippen molar-refractivity contribution >= 4 is 11.9 Å². The van der Waals surface area contributed by atoms with Crippen molar-refractivity contribution in [3.05, 3.63) is 47.7 Å². The first-order valence-electron chi connectivity index (χ1n) is 5.94. The molecule has 0 aromatic heterocycles. The molecule has 102 valence electrons. The molecule has 0 spiro atoms. The number of allylic oxidation sites excluding steroid dienone is 1. The van der Waals surface area contributed by atoms with Gasteiger partial charge < -0.3 is 15.2 Å². The SMILES string of the molecule is CCOC(=O)C=C(C)N[C@@H](C(=O)O)c1ccccc1. The van der Waals surface area contributed by atoms with E-state index in [9.17, 15) is 14.7 Å². The molecule has 0 aliphatic rings. The monoisotopic (exact) mass is 263 g/mol. The van der Waals surface area contributed by atoms with E-state index >= 15 is 0 Å². The summed E-state index contributed by atoms with van der Waals surface area (Å²) in [7, 11) is 0. The van der Waals surface area contributed by atoms with Crippen molar-refractivity contribution in [2.24, 2.45) is 0 Å². The number of carbonyl (C=O) groups is 2. The van der Waals surface area contributed by atoms with Gasteiger partial charge in [-0.05, 0) is 19.4 Å². The Morgan fingerprint density at radius 1 is 1.37 bits per heavy atom. The van der Waals surface area contributed by atoms with Gasteiger partial charge in [0.25, 0.3) is 0 Å². The van der Waals surface area contributed by atoms with Crippen LogP contribution in [-0.2, 0) is 14.3 Å². The van der Waals surface area contributed by atoms with E-state index in [2.05, 4.69) is 5.32 Å². The largest absolute Gasteiger partial charge is 0.479 e. The Morgan fingerprint density at radius 2 is 2.00 bits per heavy atom. The van der Waals surface area contributed by atoms with Gasteiger partial charge in [-0.1, -0.05) is 30.3 Å². The van der Waals surface area contributed by atoms with Crippen molar-refractivity contribution in [2.75, 3.05) is 6.61 Å². The molecule has 0 heterocycles. The number of esters is 1. The quantitative estimate of drug-likeness (QED) is 0.605. The summed E-state index contributed by atoms with van der Waals surface area (Å²) in [6.45, 7) is 3.61. The van der Waals surface area contributed by atoms with Crippen LogP contribution < -0.4 is 5.32 Å². The molecule has 0 bridgehead atoms. The van der Waals surface area contributed by atoms with Gasteiger partial charge >= 0.3 is 11.9 Å². The Hall–Kier alpha value is -2.30. The van der Waals surface area contributed by atoms with Gasteiger partial charge in [-0.2, -0.15) is 0 Å². The zero-order valence-corrected chi connectivity index (χ0v) is 10.9. The lowest BCUT2D eigenvalue weighted by molar-refractivity contribution is -0.140. The number of ether oxygens (including phenoxy) is 1. The van der Waals surface area contributed by atoms with Crippen LogP contribution in [0.2, 0.25) is 0 Å². The normalized spacial score (nSPS) is 12.6. The Morgan fingerprint density at radius 3 is 2.53 bits per heavy atom. The van der Waals surface area contributed by atoms with Gasteiger partial charge in [0.15, 0.2) is 0 Å². The molecule has 0 saturated carbocycles. The maximum absolute atomic E-state index is 11.3. The van der Waals surface area contributed by atoms with Gasteiger partial charge in [-0.25, -0.2) is 9.59 Å². The first kappa shape index (κ1) is 14.8. The number of hydrogen-bond acceptors (Lipinski definition) is 4. The van der Waals surface area contributed by atoms with E-state index in [4.69, 9.17) is 4.74 Å². The summed E-state index contributed by atoms with van der Waals surface area (Å²) in [5.41, 5.74) is 1.06. The molecule has 0 amide bonds. The Labute approximate surface area is 111 Å². The summed E-state index contributed by atoms with van der Waals surface area (Å²) in [6.07, 6.45) is 1.24. The van der Waals surface area contributed by atoms with E-state index in [1.54, 1.807) is 38.1 Å². The van der Waals surface area contributed by atoms with Crippen LogP contribution in [-0.4, -0.2) is 23.7 Å². The highest BCUT2D eigenvalue weighted by Crippen LogP contribution is 2.14. The Balaban J connectivity index is 2.81. The van der Waals surface area contributed by atoms with Crippen LogP contribution in [0.15, 0.2) is 42.1 Å². The lowest BCUT2D eigenvalue weighted by Gasteiger charge is -2.16. The van der Waals surface area contributed by atoms with Crippen LogP contribution in [0.25, 0.3) is 0 Å². The average Bonchev–Trinajstić information content (AvgIpc) is 2.37. The van der Waals surface area contributed by atoms with Crippen molar-refractivity contribution in [3.8, 4) is 0 Å². The van der Waals surface area contributed by atoms with Crippen LogP contribution >= 0.6 is 0 Å². The highest BCUT2D eigenvalue weighted by Gasteiger charge is 2.19. The first-order valence-corrected chi connectivity index (χ1v) is 5.94. The molecule has 2 N–H and O–H groups in total. The Kier molecular flexibility index (Phi) is 5.60. The minimum absolute atomic E-state index is 0.281. The minimum Gasteiger partial charge on any atom is -0.479 e. The smallest absolute Gasteiger partial charge is 0.332 e. The number of nitrogens with one attached hydrogen (secondary N) is 1. The van der Waals surface area contributed by atoms with E-state index in [1.165, 1.54) is 6.08 Å². The third kappa shape index (κ3) is 4.83. The van der Waals surface area contributed by atoms with Gasteiger partial charge in [0.05, 0.1) is 6.61 Å². The fraction of sp³-hybridized carbons (Fsp3) is 0.286. The van der Waals surface area contributed by atoms with Crippen LogP contribution in [0.4, 0.5) is 0 Å². The fourth-order valence-corrected chi connectivity index (χ4v) is 1.56. The number of aliphatic carboxylic acids is 1. The van der Waals surface area contributed by atoms with Gasteiger partial charge in [-0.3, -0.25) is 0 Å². The zero-order chi connectivity index (χ0) is 14.3. The Bertz CT molecular complexity index is 468. The molecule has 5 heteroatoms. The van der Waals surface area contributed by atoms with E-state index in [-0.39, 0.29) is 6.61 Å². The molecule has 0 fully saturated rings. The molecule has 1 aromatic rings. The number of hydrogen-bond donors (Lipinski definition) is 2. The van der Waals surface area contributed by atoms with Crippen molar-refractivity contribution in [3.63, 3.8) is 0 Å². The molecule has 1 atom stereocenters. The molecule has 0 aliphatic heterocycles. The molecule has 1 aromatic carbocycles. The summed E-state index contributed by atoms with van der Waals surface area (Å²) in [5.74, 6) is -1.51. The molecule has 19 heavy (non-hydrogen) atoms. The van der Waals surface area contributed by atoms with Crippen molar-refractivity contribution < 1.29 is 19.4 Å². The summed E-state index contributed by atoms with van der Waals surface area (Å²) < 4.78 is 4.76. The summed E-state index contributed by atoms with van der Waals surface area (Å²) in [4.78, 5) is 22.5. The highest BCUT2D eigenvalue weighted by atomic mass is 16.5. The lowest BCUT2D eigenvalue weighted by atomic mass is 10.1. The molecule has 0 saturated heterocycles. The summed E-state index contributed by atoms with van der Waals surface area (Å²) in [6, 6.07) is 7.86. The van der Waals surface area contributed by atoms with E-state index in [0.29, 0.717) is 11.3 Å². The van der Waals surface area contributed by atoms with Crippen LogP contribution in [0.5, 0.6) is 0 Å². The average molecular weight is 263 g/mol. The van der Waals surface area contributed by atoms with Crippen molar-refractivity contribution in [2.45, 2.75) is 19.9 Å². The molecular formula is C14H17NO4. The minimum atomic E-state index is -1.01. The second-order valence-corrected chi connectivity index (χ2v) is 3.91.